The summed E-state index contributed by atoms with van der Waals surface area (Å²) in [4.78, 5) is 11.7. The number of hydrogen-bond donors (Lipinski definition) is 0. The van der Waals surface area contributed by atoms with Gasteiger partial charge in [0.1, 0.15) is 0 Å². The van der Waals surface area contributed by atoms with Crippen molar-refractivity contribution in [2.75, 3.05) is 13.1 Å². The molecule has 0 saturated carbocycles. The number of azo groups is 1. The molecule has 0 atom stereocenters. The Bertz CT molecular complexity index is 714. The molecule has 0 unspecified atom stereocenters. The standard InChI is InChI=1S/C14H15N3O3S/c18-14-13(10-15-16-14)11-4-6-12(7-5-11)21(19,20)17-8-2-1-3-9-17/h4-7,10H,1-3,8-9H2. The lowest BCUT2D eigenvalue weighted by atomic mass is 10.1. The highest BCUT2D eigenvalue weighted by Crippen LogP contribution is 2.25. The summed E-state index contributed by atoms with van der Waals surface area (Å²) in [6.07, 6.45) is 4.27. The zero-order chi connectivity index (χ0) is 14.9. The van der Waals surface area contributed by atoms with Crippen molar-refractivity contribution in [2.24, 2.45) is 10.2 Å². The minimum absolute atomic E-state index is 0.257. The molecule has 2 heterocycles. The fraction of sp³-hybridized carbons (Fsp3) is 0.357. The molecule has 2 aliphatic rings. The van der Waals surface area contributed by atoms with Crippen LogP contribution in [0.4, 0.5) is 0 Å². The smallest absolute Gasteiger partial charge is 0.265 e. The molecule has 0 spiro atoms. The van der Waals surface area contributed by atoms with Gasteiger partial charge in [-0.25, -0.2) is 8.42 Å². The van der Waals surface area contributed by atoms with Crippen LogP contribution in [0.5, 0.6) is 0 Å². The molecule has 1 saturated heterocycles. The average Bonchev–Trinajstić information content (AvgIpc) is 2.94. The Kier molecular flexibility index (Phi) is 3.69. The third kappa shape index (κ3) is 2.66. The van der Waals surface area contributed by atoms with Crippen LogP contribution in [0.3, 0.4) is 0 Å². The van der Waals surface area contributed by atoms with E-state index >= 15 is 0 Å². The van der Waals surface area contributed by atoms with Crippen LogP contribution < -0.4 is 0 Å². The number of piperidine rings is 1. The van der Waals surface area contributed by atoms with Crippen LogP contribution in [-0.4, -0.2) is 31.7 Å². The van der Waals surface area contributed by atoms with Gasteiger partial charge in [0.15, 0.2) is 0 Å². The first-order chi connectivity index (χ1) is 10.1. The van der Waals surface area contributed by atoms with Crippen LogP contribution in [0, 0.1) is 0 Å². The second-order valence-corrected chi connectivity index (χ2v) is 6.99. The number of rotatable bonds is 3. The van der Waals surface area contributed by atoms with E-state index in [1.807, 2.05) is 0 Å². The molecule has 21 heavy (non-hydrogen) atoms. The van der Waals surface area contributed by atoms with Crippen molar-refractivity contribution in [1.82, 2.24) is 4.31 Å². The van der Waals surface area contributed by atoms with Crippen LogP contribution in [0.25, 0.3) is 5.57 Å². The number of sulfonamides is 1. The third-order valence-corrected chi connectivity index (χ3v) is 5.60. The molecule has 6 nitrogen and oxygen atoms in total. The Hall–Kier alpha value is -1.86. The summed E-state index contributed by atoms with van der Waals surface area (Å²) in [6.45, 7) is 1.15. The normalized spacial score (nSPS) is 19.8. The molecule has 0 bridgehead atoms. The number of benzene rings is 1. The summed E-state index contributed by atoms with van der Waals surface area (Å²) in [7, 11) is -3.43. The molecule has 1 amide bonds. The summed E-state index contributed by atoms with van der Waals surface area (Å²) in [5.74, 6) is -0.401. The first-order valence-electron chi connectivity index (χ1n) is 6.85. The average molecular weight is 305 g/mol. The Labute approximate surface area is 123 Å². The Balaban J connectivity index is 1.85. The molecule has 1 fully saturated rings. The maximum absolute atomic E-state index is 12.5. The lowest BCUT2D eigenvalue weighted by Crippen LogP contribution is -2.35. The Morgan fingerprint density at radius 3 is 2.24 bits per heavy atom. The lowest BCUT2D eigenvalue weighted by molar-refractivity contribution is -0.112. The van der Waals surface area contributed by atoms with Crippen molar-refractivity contribution >= 4 is 21.5 Å². The van der Waals surface area contributed by atoms with E-state index in [0.29, 0.717) is 24.2 Å². The van der Waals surface area contributed by atoms with Crippen LogP contribution in [-0.2, 0) is 14.8 Å². The number of nitrogens with zero attached hydrogens (tertiary/aromatic N) is 3. The Morgan fingerprint density at radius 2 is 1.67 bits per heavy atom. The maximum Gasteiger partial charge on any atom is 0.297 e. The van der Waals surface area contributed by atoms with E-state index in [-0.39, 0.29) is 4.90 Å². The van der Waals surface area contributed by atoms with Crippen LogP contribution in [0.1, 0.15) is 24.8 Å². The van der Waals surface area contributed by atoms with E-state index in [4.69, 9.17) is 0 Å². The fourth-order valence-electron chi connectivity index (χ4n) is 2.51. The van der Waals surface area contributed by atoms with E-state index < -0.39 is 15.9 Å². The van der Waals surface area contributed by atoms with E-state index in [1.54, 1.807) is 12.1 Å². The van der Waals surface area contributed by atoms with Crippen molar-refractivity contribution in [3.63, 3.8) is 0 Å². The quantitative estimate of drug-likeness (QED) is 0.858. The maximum atomic E-state index is 12.5. The number of hydrogen-bond acceptors (Lipinski definition) is 4. The van der Waals surface area contributed by atoms with Gasteiger partial charge in [-0.15, -0.1) is 5.11 Å². The van der Waals surface area contributed by atoms with Gasteiger partial charge >= 0.3 is 0 Å². The first-order valence-corrected chi connectivity index (χ1v) is 8.29. The molecular formula is C14H15N3O3S. The van der Waals surface area contributed by atoms with E-state index in [1.165, 1.54) is 22.6 Å². The SMILES string of the molecule is O=C1N=NC=C1c1ccc(S(=O)(=O)N2CCCCC2)cc1. The molecule has 110 valence electrons. The summed E-state index contributed by atoms with van der Waals surface area (Å²) in [5, 5.41) is 6.96. The molecule has 1 aromatic rings. The lowest BCUT2D eigenvalue weighted by Gasteiger charge is -2.25. The van der Waals surface area contributed by atoms with Gasteiger partial charge in [0.05, 0.1) is 16.7 Å². The van der Waals surface area contributed by atoms with Gasteiger partial charge < -0.3 is 0 Å². The number of carbonyl (C=O) groups excluding carboxylic acids is 1. The predicted molar refractivity (Wildman–Crippen MR) is 76.9 cm³/mol. The van der Waals surface area contributed by atoms with Crippen molar-refractivity contribution in [2.45, 2.75) is 24.2 Å². The van der Waals surface area contributed by atoms with Crippen molar-refractivity contribution in [1.29, 1.82) is 0 Å². The van der Waals surface area contributed by atoms with Crippen molar-refractivity contribution in [3.8, 4) is 0 Å². The van der Waals surface area contributed by atoms with Crippen LogP contribution in [0.2, 0.25) is 0 Å². The molecule has 2 aliphatic heterocycles. The molecule has 7 heteroatoms. The molecule has 0 aromatic heterocycles. The minimum atomic E-state index is -3.43. The topological polar surface area (TPSA) is 79.2 Å². The molecule has 0 radical (unpaired) electrons. The zero-order valence-corrected chi connectivity index (χ0v) is 12.2. The number of carbonyl (C=O) groups is 1. The second-order valence-electron chi connectivity index (χ2n) is 5.05. The summed E-state index contributed by atoms with van der Waals surface area (Å²) < 4.78 is 26.5. The largest absolute Gasteiger partial charge is 0.297 e. The fourth-order valence-corrected chi connectivity index (χ4v) is 4.02. The third-order valence-electron chi connectivity index (χ3n) is 3.68. The molecule has 3 rings (SSSR count). The number of amides is 1. The van der Waals surface area contributed by atoms with Crippen molar-refractivity contribution in [3.05, 3.63) is 36.0 Å². The zero-order valence-electron chi connectivity index (χ0n) is 11.4. The van der Waals surface area contributed by atoms with E-state index in [9.17, 15) is 13.2 Å². The predicted octanol–water partition coefficient (Wildman–Crippen LogP) is 2.19. The van der Waals surface area contributed by atoms with E-state index in [0.717, 1.165) is 19.3 Å². The van der Waals surface area contributed by atoms with Gasteiger partial charge in [0, 0.05) is 13.1 Å². The highest BCUT2D eigenvalue weighted by atomic mass is 32.2. The molecule has 1 aromatic carbocycles. The van der Waals surface area contributed by atoms with Gasteiger partial charge in [-0.05, 0) is 30.5 Å². The van der Waals surface area contributed by atoms with Crippen LogP contribution >= 0.6 is 0 Å². The minimum Gasteiger partial charge on any atom is -0.265 e. The Morgan fingerprint density at radius 1 is 1.00 bits per heavy atom. The summed E-state index contributed by atoms with van der Waals surface area (Å²) >= 11 is 0. The summed E-state index contributed by atoms with van der Waals surface area (Å²) in [6, 6.07) is 6.31. The highest BCUT2D eigenvalue weighted by Gasteiger charge is 2.26. The molecule has 0 aliphatic carbocycles. The monoisotopic (exact) mass is 305 g/mol. The van der Waals surface area contributed by atoms with Gasteiger partial charge in [-0.2, -0.15) is 9.42 Å². The first kappa shape index (κ1) is 14.1. The van der Waals surface area contributed by atoms with E-state index in [2.05, 4.69) is 10.2 Å². The summed E-state index contributed by atoms with van der Waals surface area (Å²) in [5.41, 5.74) is 1.01. The van der Waals surface area contributed by atoms with Gasteiger partial charge in [-0.3, -0.25) is 4.79 Å². The van der Waals surface area contributed by atoms with Gasteiger partial charge in [0.2, 0.25) is 10.0 Å². The second kappa shape index (κ2) is 5.50. The molecule has 0 N–H and O–H groups in total. The van der Waals surface area contributed by atoms with Gasteiger partial charge in [-0.1, -0.05) is 18.6 Å². The van der Waals surface area contributed by atoms with Gasteiger partial charge in [0.25, 0.3) is 5.91 Å². The highest BCUT2D eigenvalue weighted by molar-refractivity contribution is 7.89. The van der Waals surface area contributed by atoms with Crippen molar-refractivity contribution < 1.29 is 13.2 Å². The van der Waals surface area contributed by atoms with Crippen LogP contribution in [0.15, 0.2) is 45.6 Å². The molecular weight excluding hydrogens is 290 g/mol.